The fraction of sp³-hybridized carbons (Fsp3) is 0.588. The van der Waals surface area contributed by atoms with Gasteiger partial charge in [0.15, 0.2) is 0 Å². The van der Waals surface area contributed by atoms with Crippen LogP contribution >= 0.6 is 0 Å². The minimum atomic E-state index is 0.0671. The molecule has 0 aliphatic carbocycles. The molecule has 112 valence electrons. The number of carbonyl (C=O) groups is 1. The van der Waals surface area contributed by atoms with E-state index in [0.717, 1.165) is 17.7 Å². The molecule has 3 nitrogen and oxygen atoms in total. The van der Waals surface area contributed by atoms with E-state index in [9.17, 15) is 4.79 Å². The van der Waals surface area contributed by atoms with E-state index in [-0.39, 0.29) is 11.9 Å². The summed E-state index contributed by atoms with van der Waals surface area (Å²) in [5, 5.41) is 3.06. The molecule has 0 fully saturated rings. The molecule has 1 rings (SSSR count). The fourth-order valence-electron chi connectivity index (χ4n) is 2.30. The van der Waals surface area contributed by atoms with Crippen LogP contribution in [0.2, 0.25) is 0 Å². The lowest BCUT2D eigenvalue weighted by Crippen LogP contribution is -2.33. The predicted molar refractivity (Wildman–Crippen MR) is 83.1 cm³/mol. The summed E-state index contributed by atoms with van der Waals surface area (Å²) in [6.45, 7) is 4.28. The number of unbranched alkanes of at least 4 members (excludes halogenated alkanes) is 3. The van der Waals surface area contributed by atoms with Gasteiger partial charge in [-0.1, -0.05) is 50.8 Å². The Kier molecular flexibility index (Phi) is 7.78. The lowest BCUT2D eigenvalue weighted by Gasteiger charge is -2.14. The van der Waals surface area contributed by atoms with Gasteiger partial charge in [0.1, 0.15) is 5.75 Å². The molecule has 0 aromatic heterocycles. The predicted octanol–water partition coefficient (Wildman–Crippen LogP) is 3.71. The lowest BCUT2D eigenvalue weighted by atomic mass is 10.1. The van der Waals surface area contributed by atoms with Gasteiger partial charge >= 0.3 is 0 Å². The molecule has 1 N–H and O–H groups in total. The zero-order valence-electron chi connectivity index (χ0n) is 12.9. The van der Waals surface area contributed by atoms with Crippen molar-refractivity contribution in [3.8, 4) is 5.75 Å². The summed E-state index contributed by atoms with van der Waals surface area (Å²) >= 11 is 0. The number of carbonyl (C=O) groups excluding carboxylic acids is 1. The van der Waals surface area contributed by atoms with Gasteiger partial charge in [0.05, 0.1) is 13.5 Å². The van der Waals surface area contributed by atoms with Crippen molar-refractivity contribution in [2.75, 3.05) is 7.11 Å². The summed E-state index contributed by atoms with van der Waals surface area (Å²) in [6.07, 6.45) is 6.39. The third kappa shape index (κ3) is 6.09. The van der Waals surface area contributed by atoms with Gasteiger partial charge in [0.25, 0.3) is 0 Å². The number of hydrogen-bond acceptors (Lipinski definition) is 2. The van der Waals surface area contributed by atoms with Crippen molar-refractivity contribution < 1.29 is 9.53 Å². The zero-order valence-corrected chi connectivity index (χ0v) is 12.9. The summed E-state index contributed by atoms with van der Waals surface area (Å²) in [7, 11) is 1.63. The van der Waals surface area contributed by atoms with Crippen molar-refractivity contribution in [3.63, 3.8) is 0 Å². The quantitative estimate of drug-likeness (QED) is 0.699. The summed E-state index contributed by atoms with van der Waals surface area (Å²) < 4.78 is 5.26. The fourth-order valence-corrected chi connectivity index (χ4v) is 2.30. The SMILES string of the molecule is CCCCCC[C@H](C)NC(=O)Cc1ccccc1OC. The van der Waals surface area contributed by atoms with Gasteiger partial charge in [-0.05, 0) is 19.4 Å². The molecule has 0 unspecified atom stereocenters. The van der Waals surface area contributed by atoms with Crippen molar-refractivity contribution >= 4 is 5.91 Å². The molecular formula is C17H27NO2. The van der Waals surface area contributed by atoms with E-state index in [0.29, 0.717) is 6.42 Å². The first kappa shape index (κ1) is 16.5. The lowest BCUT2D eigenvalue weighted by molar-refractivity contribution is -0.121. The number of hydrogen-bond donors (Lipinski definition) is 1. The molecule has 0 saturated heterocycles. The number of ether oxygens (including phenoxy) is 1. The Hall–Kier alpha value is -1.51. The van der Waals surface area contributed by atoms with Gasteiger partial charge in [0.2, 0.25) is 5.91 Å². The second kappa shape index (κ2) is 9.40. The van der Waals surface area contributed by atoms with E-state index >= 15 is 0 Å². The Morgan fingerprint density at radius 2 is 2.00 bits per heavy atom. The van der Waals surface area contributed by atoms with E-state index in [1.54, 1.807) is 7.11 Å². The van der Waals surface area contributed by atoms with Crippen LogP contribution in [0, 0.1) is 0 Å². The molecule has 3 heteroatoms. The third-order valence-electron chi connectivity index (χ3n) is 3.44. The highest BCUT2D eigenvalue weighted by molar-refractivity contribution is 5.79. The first-order valence-corrected chi connectivity index (χ1v) is 7.58. The van der Waals surface area contributed by atoms with Gasteiger partial charge < -0.3 is 10.1 Å². The molecule has 1 atom stereocenters. The molecule has 1 aromatic rings. The molecule has 0 heterocycles. The first-order valence-electron chi connectivity index (χ1n) is 7.58. The van der Waals surface area contributed by atoms with E-state index in [1.807, 2.05) is 24.3 Å². The van der Waals surface area contributed by atoms with Crippen LogP contribution in [0.25, 0.3) is 0 Å². The molecule has 0 aliphatic rings. The largest absolute Gasteiger partial charge is 0.496 e. The summed E-state index contributed by atoms with van der Waals surface area (Å²) in [4.78, 5) is 12.0. The molecule has 1 amide bonds. The van der Waals surface area contributed by atoms with Gasteiger partial charge in [-0.15, -0.1) is 0 Å². The highest BCUT2D eigenvalue weighted by atomic mass is 16.5. The van der Waals surface area contributed by atoms with Gasteiger partial charge in [0, 0.05) is 11.6 Å². The molecule has 0 bridgehead atoms. The maximum atomic E-state index is 12.0. The molecular weight excluding hydrogens is 250 g/mol. The molecule has 0 spiro atoms. The van der Waals surface area contributed by atoms with Crippen molar-refractivity contribution in [2.45, 2.75) is 58.4 Å². The van der Waals surface area contributed by atoms with Gasteiger partial charge in [-0.3, -0.25) is 4.79 Å². The minimum absolute atomic E-state index is 0.0671. The molecule has 0 aliphatic heterocycles. The van der Waals surface area contributed by atoms with Crippen LogP contribution in [0.3, 0.4) is 0 Å². The number of para-hydroxylation sites is 1. The van der Waals surface area contributed by atoms with Crippen LogP contribution in [-0.2, 0) is 11.2 Å². The van der Waals surface area contributed by atoms with Crippen LogP contribution in [0.15, 0.2) is 24.3 Å². The Bertz CT molecular complexity index is 404. The number of nitrogens with one attached hydrogen (secondary N) is 1. The summed E-state index contributed by atoms with van der Waals surface area (Å²) in [6, 6.07) is 7.91. The van der Waals surface area contributed by atoms with Crippen LogP contribution in [-0.4, -0.2) is 19.1 Å². The van der Waals surface area contributed by atoms with Gasteiger partial charge in [-0.2, -0.15) is 0 Å². The van der Waals surface area contributed by atoms with E-state index in [4.69, 9.17) is 4.74 Å². The van der Waals surface area contributed by atoms with Crippen molar-refractivity contribution in [2.24, 2.45) is 0 Å². The van der Waals surface area contributed by atoms with Crippen LogP contribution in [0.5, 0.6) is 5.75 Å². The van der Waals surface area contributed by atoms with Crippen LogP contribution < -0.4 is 10.1 Å². The first-order chi connectivity index (χ1) is 9.67. The van der Waals surface area contributed by atoms with Crippen molar-refractivity contribution in [1.82, 2.24) is 5.32 Å². The maximum Gasteiger partial charge on any atom is 0.224 e. The van der Waals surface area contributed by atoms with E-state index in [2.05, 4.69) is 19.2 Å². The molecule has 1 aromatic carbocycles. The van der Waals surface area contributed by atoms with E-state index < -0.39 is 0 Å². The third-order valence-corrected chi connectivity index (χ3v) is 3.44. The Balaban J connectivity index is 2.35. The number of amides is 1. The topological polar surface area (TPSA) is 38.3 Å². The Labute approximate surface area is 122 Å². The Morgan fingerprint density at radius 1 is 1.25 bits per heavy atom. The van der Waals surface area contributed by atoms with Crippen molar-refractivity contribution in [3.05, 3.63) is 29.8 Å². The average Bonchev–Trinajstić information content (AvgIpc) is 2.44. The average molecular weight is 277 g/mol. The second-order valence-corrected chi connectivity index (χ2v) is 5.31. The maximum absolute atomic E-state index is 12.0. The smallest absolute Gasteiger partial charge is 0.224 e. The molecule has 20 heavy (non-hydrogen) atoms. The monoisotopic (exact) mass is 277 g/mol. The van der Waals surface area contributed by atoms with Crippen LogP contribution in [0.1, 0.15) is 51.5 Å². The molecule has 0 radical (unpaired) electrons. The standard InChI is InChI=1S/C17H27NO2/c1-4-5-6-7-10-14(2)18-17(19)13-15-11-8-9-12-16(15)20-3/h8-9,11-12,14H,4-7,10,13H2,1-3H3,(H,18,19)/t14-/m0/s1. The van der Waals surface area contributed by atoms with Gasteiger partial charge in [-0.25, -0.2) is 0 Å². The normalized spacial score (nSPS) is 11.9. The summed E-state index contributed by atoms with van der Waals surface area (Å²) in [5.74, 6) is 0.843. The molecule has 0 saturated carbocycles. The minimum Gasteiger partial charge on any atom is -0.496 e. The van der Waals surface area contributed by atoms with E-state index in [1.165, 1.54) is 25.7 Å². The highest BCUT2D eigenvalue weighted by Crippen LogP contribution is 2.17. The second-order valence-electron chi connectivity index (χ2n) is 5.31. The van der Waals surface area contributed by atoms with Crippen LogP contribution in [0.4, 0.5) is 0 Å². The number of rotatable bonds is 9. The Morgan fingerprint density at radius 3 is 2.70 bits per heavy atom. The van der Waals surface area contributed by atoms with Crippen molar-refractivity contribution in [1.29, 1.82) is 0 Å². The zero-order chi connectivity index (χ0) is 14.8. The number of methoxy groups -OCH3 is 1. The number of benzene rings is 1. The summed E-state index contributed by atoms with van der Waals surface area (Å²) in [5.41, 5.74) is 0.936. The highest BCUT2D eigenvalue weighted by Gasteiger charge is 2.10.